The molecule has 0 aliphatic carbocycles. The van der Waals surface area contributed by atoms with Gasteiger partial charge in [-0.1, -0.05) is 24.3 Å². The number of fused-ring (bicyclic) bond motifs is 1. The molecule has 0 radical (unpaired) electrons. The van der Waals surface area contributed by atoms with Gasteiger partial charge < -0.3 is 14.4 Å². The zero-order valence-corrected chi connectivity index (χ0v) is 13.6. The molecule has 3 rings (SSSR count). The number of carbonyl (C=O) groups excluding carboxylic acids is 2. The Morgan fingerprint density at radius 3 is 2.64 bits per heavy atom. The smallest absolute Gasteiger partial charge is 0.357 e. The fourth-order valence-electron chi connectivity index (χ4n) is 2.61. The number of nitriles is 1. The molecule has 0 spiro atoms. The third-order valence-corrected chi connectivity index (χ3v) is 3.82. The number of carbonyl (C=O) groups is 2. The van der Waals surface area contributed by atoms with E-state index >= 15 is 0 Å². The number of hydrogen-bond acceptors (Lipinski definition) is 5. The Labute approximate surface area is 145 Å². The molecule has 0 saturated heterocycles. The van der Waals surface area contributed by atoms with E-state index in [2.05, 4.69) is 6.07 Å². The number of nitrogens with zero attached hydrogens (tertiary/aromatic N) is 2. The maximum Gasteiger partial charge on any atom is 0.357 e. The highest BCUT2D eigenvalue weighted by Gasteiger charge is 2.40. The third kappa shape index (κ3) is 3.31. The maximum atomic E-state index is 12.8. The van der Waals surface area contributed by atoms with Crippen LogP contribution in [0.25, 0.3) is 0 Å². The van der Waals surface area contributed by atoms with E-state index in [1.54, 1.807) is 55.5 Å². The molecular weight excluding hydrogens is 320 g/mol. The van der Waals surface area contributed by atoms with Crippen LogP contribution in [0.4, 0.5) is 5.69 Å². The molecule has 1 aliphatic rings. The zero-order chi connectivity index (χ0) is 17.8. The number of esters is 1. The van der Waals surface area contributed by atoms with Crippen molar-refractivity contribution in [2.75, 3.05) is 11.5 Å². The van der Waals surface area contributed by atoms with Crippen molar-refractivity contribution in [3.8, 4) is 11.8 Å². The summed E-state index contributed by atoms with van der Waals surface area (Å²) in [6, 6.07) is 16.0. The second kappa shape index (κ2) is 7.05. The number of rotatable bonds is 4. The second-order valence-electron chi connectivity index (χ2n) is 5.45. The fraction of sp³-hybridized carbons (Fsp3) is 0.211. The second-order valence-corrected chi connectivity index (χ2v) is 5.45. The van der Waals surface area contributed by atoms with Crippen molar-refractivity contribution in [2.45, 2.75) is 19.6 Å². The molecule has 0 saturated carbocycles. The number of hydrogen-bond donors (Lipinski definition) is 0. The molecule has 0 bridgehead atoms. The fourth-order valence-corrected chi connectivity index (χ4v) is 2.61. The van der Waals surface area contributed by atoms with Gasteiger partial charge in [0.15, 0.2) is 0 Å². The number of para-hydroxylation sites is 2. The highest BCUT2D eigenvalue weighted by atomic mass is 16.6. The van der Waals surface area contributed by atoms with Gasteiger partial charge in [-0.15, -0.1) is 0 Å². The van der Waals surface area contributed by atoms with Crippen LogP contribution in [0.1, 0.15) is 18.1 Å². The van der Waals surface area contributed by atoms with Gasteiger partial charge in [0, 0.05) is 0 Å². The lowest BCUT2D eigenvalue weighted by atomic mass is 10.1. The number of ether oxygens (including phenoxy) is 2. The molecule has 2 aromatic rings. The molecule has 1 unspecified atom stereocenters. The molecule has 25 heavy (non-hydrogen) atoms. The van der Waals surface area contributed by atoms with Gasteiger partial charge in [-0.25, -0.2) is 4.79 Å². The summed E-state index contributed by atoms with van der Waals surface area (Å²) in [7, 11) is 0. The lowest BCUT2D eigenvalue weighted by molar-refractivity contribution is -0.156. The molecule has 1 aliphatic heterocycles. The molecule has 0 N–H and O–H groups in total. The van der Waals surface area contributed by atoms with Crippen LogP contribution in [-0.4, -0.2) is 24.6 Å². The molecule has 1 atom stereocenters. The summed E-state index contributed by atoms with van der Waals surface area (Å²) >= 11 is 0. The van der Waals surface area contributed by atoms with Gasteiger partial charge in [0.25, 0.3) is 12.0 Å². The Balaban J connectivity index is 1.93. The van der Waals surface area contributed by atoms with Gasteiger partial charge >= 0.3 is 5.97 Å². The van der Waals surface area contributed by atoms with Crippen LogP contribution in [0.2, 0.25) is 0 Å². The summed E-state index contributed by atoms with van der Waals surface area (Å²) in [5.41, 5.74) is 1.98. The highest BCUT2D eigenvalue weighted by molar-refractivity contribution is 6.11. The Hall–Kier alpha value is -3.33. The number of anilines is 1. The maximum absolute atomic E-state index is 12.8. The van der Waals surface area contributed by atoms with E-state index < -0.39 is 18.0 Å². The monoisotopic (exact) mass is 336 g/mol. The van der Waals surface area contributed by atoms with Gasteiger partial charge in [0.2, 0.25) is 0 Å². The van der Waals surface area contributed by atoms with E-state index in [4.69, 9.17) is 14.7 Å². The molecule has 0 fully saturated rings. The van der Waals surface area contributed by atoms with Crippen molar-refractivity contribution < 1.29 is 19.1 Å². The summed E-state index contributed by atoms with van der Waals surface area (Å²) in [4.78, 5) is 26.4. The zero-order valence-electron chi connectivity index (χ0n) is 13.6. The van der Waals surface area contributed by atoms with Crippen molar-refractivity contribution in [3.63, 3.8) is 0 Å². The van der Waals surface area contributed by atoms with Crippen molar-refractivity contribution in [1.29, 1.82) is 5.26 Å². The standard InChI is InChI=1S/C19H16N2O4/c1-2-24-19(23)17-18(22)21(15-5-3-4-6-16(15)25-17)12-14-9-7-13(11-20)8-10-14/h3-10,17H,2,12H2,1H3. The minimum atomic E-state index is -1.31. The van der Waals surface area contributed by atoms with E-state index in [1.165, 1.54) is 4.90 Å². The van der Waals surface area contributed by atoms with Crippen LogP contribution in [0, 0.1) is 11.3 Å². The molecule has 1 amide bonds. The average Bonchev–Trinajstić information content (AvgIpc) is 2.64. The van der Waals surface area contributed by atoms with Crippen LogP contribution < -0.4 is 9.64 Å². The highest BCUT2D eigenvalue weighted by Crippen LogP contribution is 2.35. The topological polar surface area (TPSA) is 79.6 Å². The lowest BCUT2D eigenvalue weighted by Gasteiger charge is -2.33. The SMILES string of the molecule is CCOC(=O)C1Oc2ccccc2N(Cc2ccc(C#N)cc2)C1=O. The van der Waals surface area contributed by atoms with E-state index in [1.807, 2.05) is 0 Å². The quantitative estimate of drug-likeness (QED) is 0.633. The first-order chi connectivity index (χ1) is 12.1. The van der Waals surface area contributed by atoms with Crippen molar-refractivity contribution in [3.05, 3.63) is 59.7 Å². The minimum absolute atomic E-state index is 0.170. The summed E-state index contributed by atoms with van der Waals surface area (Å²) in [6.07, 6.45) is -1.31. The Morgan fingerprint density at radius 2 is 1.96 bits per heavy atom. The van der Waals surface area contributed by atoms with Gasteiger partial charge in [-0.2, -0.15) is 5.26 Å². The van der Waals surface area contributed by atoms with Gasteiger partial charge in [0.05, 0.1) is 30.5 Å². The van der Waals surface area contributed by atoms with Crippen LogP contribution >= 0.6 is 0 Å². The summed E-state index contributed by atoms with van der Waals surface area (Å²) < 4.78 is 10.5. The molecule has 2 aromatic carbocycles. The summed E-state index contributed by atoms with van der Waals surface area (Å²) in [6.45, 7) is 2.11. The molecule has 1 heterocycles. The first-order valence-corrected chi connectivity index (χ1v) is 7.86. The Kier molecular flexibility index (Phi) is 4.66. The van der Waals surface area contributed by atoms with Crippen LogP contribution in [0.3, 0.4) is 0 Å². The van der Waals surface area contributed by atoms with Crippen LogP contribution in [-0.2, 0) is 20.9 Å². The molecule has 126 valence electrons. The largest absolute Gasteiger partial charge is 0.466 e. The molecule has 0 aromatic heterocycles. The first-order valence-electron chi connectivity index (χ1n) is 7.86. The summed E-state index contributed by atoms with van der Waals surface area (Å²) in [5.74, 6) is -0.720. The van der Waals surface area contributed by atoms with E-state index in [0.29, 0.717) is 17.0 Å². The Bertz CT molecular complexity index is 839. The number of amides is 1. The Morgan fingerprint density at radius 1 is 1.24 bits per heavy atom. The molecule has 6 heteroatoms. The predicted octanol–water partition coefficient (Wildman–Crippen LogP) is 2.42. The van der Waals surface area contributed by atoms with Gasteiger partial charge in [-0.3, -0.25) is 4.79 Å². The van der Waals surface area contributed by atoms with Gasteiger partial charge in [0.1, 0.15) is 5.75 Å². The first kappa shape index (κ1) is 16.5. The lowest BCUT2D eigenvalue weighted by Crippen LogP contribution is -2.50. The minimum Gasteiger partial charge on any atom is -0.466 e. The van der Waals surface area contributed by atoms with Crippen LogP contribution in [0.15, 0.2) is 48.5 Å². The van der Waals surface area contributed by atoms with Gasteiger partial charge in [-0.05, 0) is 36.8 Å². The van der Waals surface area contributed by atoms with Crippen molar-refractivity contribution in [2.24, 2.45) is 0 Å². The molecular formula is C19H16N2O4. The average molecular weight is 336 g/mol. The van der Waals surface area contributed by atoms with Crippen molar-refractivity contribution in [1.82, 2.24) is 0 Å². The normalized spacial score (nSPS) is 15.8. The predicted molar refractivity (Wildman–Crippen MR) is 89.8 cm³/mol. The van der Waals surface area contributed by atoms with Crippen LogP contribution in [0.5, 0.6) is 5.75 Å². The summed E-state index contributed by atoms with van der Waals surface area (Å²) in [5, 5.41) is 8.89. The van der Waals surface area contributed by atoms with E-state index in [0.717, 1.165) is 5.56 Å². The number of benzene rings is 2. The van der Waals surface area contributed by atoms with E-state index in [-0.39, 0.29) is 13.2 Å². The third-order valence-electron chi connectivity index (χ3n) is 3.82. The van der Waals surface area contributed by atoms with E-state index in [9.17, 15) is 9.59 Å². The van der Waals surface area contributed by atoms with Crippen molar-refractivity contribution >= 4 is 17.6 Å². The molecule has 6 nitrogen and oxygen atoms in total.